The minimum absolute atomic E-state index is 0.231. The summed E-state index contributed by atoms with van der Waals surface area (Å²) in [5.74, 6) is 0.557. The van der Waals surface area contributed by atoms with Crippen molar-refractivity contribution in [3.8, 4) is 11.3 Å². The average Bonchev–Trinajstić information content (AvgIpc) is 3.18. The Bertz CT molecular complexity index is 1200. The Balaban J connectivity index is 1.46. The molecule has 1 aliphatic heterocycles. The average molecular weight is 392 g/mol. The summed E-state index contributed by atoms with van der Waals surface area (Å²) in [6.45, 7) is 1.44. The van der Waals surface area contributed by atoms with E-state index in [2.05, 4.69) is 15.0 Å². The summed E-state index contributed by atoms with van der Waals surface area (Å²) in [5, 5.41) is 1.00. The number of furan rings is 1. The lowest BCUT2D eigenvalue weighted by molar-refractivity contribution is 0.0262. The number of fused-ring (bicyclic) bond motifs is 1. The quantitative estimate of drug-likeness (QED) is 0.576. The van der Waals surface area contributed by atoms with Gasteiger partial charge in [-0.15, -0.1) is 0 Å². The van der Waals surface area contributed by atoms with E-state index in [0.717, 1.165) is 22.9 Å². The number of pyridine rings is 1. The Labute approximate surface area is 164 Å². The topological polar surface area (TPSA) is 84.2 Å². The second-order valence-corrected chi connectivity index (χ2v) is 6.80. The van der Waals surface area contributed by atoms with Gasteiger partial charge in [-0.3, -0.25) is 14.8 Å². The Morgan fingerprint density at radius 3 is 2.97 bits per heavy atom. The second-order valence-electron chi connectivity index (χ2n) is 6.80. The SMILES string of the molecule is O=c1cc(-c2ccncc2F)nc(N2CCO[C@@H](c3cc4ccccc4o3)C2)[nH]1. The minimum atomic E-state index is -0.529. The van der Waals surface area contributed by atoms with Gasteiger partial charge in [-0.1, -0.05) is 18.2 Å². The first-order valence-corrected chi connectivity index (χ1v) is 9.24. The predicted molar refractivity (Wildman–Crippen MR) is 105 cm³/mol. The number of nitrogens with one attached hydrogen (secondary N) is 1. The van der Waals surface area contributed by atoms with Gasteiger partial charge < -0.3 is 14.1 Å². The highest BCUT2D eigenvalue weighted by Crippen LogP contribution is 2.29. The third-order valence-corrected chi connectivity index (χ3v) is 4.91. The van der Waals surface area contributed by atoms with Crippen LogP contribution in [0.25, 0.3) is 22.2 Å². The molecule has 3 aromatic heterocycles. The van der Waals surface area contributed by atoms with Crippen molar-refractivity contribution >= 4 is 16.9 Å². The van der Waals surface area contributed by atoms with Crippen LogP contribution >= 0.6 is 0 Å². The molecule has 1 fully saturated rings. The smallest absolute Gasteiger partial charge is 0.252 e. The largest absolute Gasteiger partial charge is 0.458 e. The summed E-state index contributed by atoms with van der Waals surface area (Å²) in [7, 11) is 0. The Hall–Kier alpha value is -3.52. The van der Waals surface area contributed by atoms with E-state index < -0.39 is 5.82 Å². The monoisotopic (exact) mass is 392 g/mol. The molecule has 29 heavy (non-hydrogen) atoms. The Kier molecular flexibility index (Phi) is 4.33. The molecule has 0 aliphatic carbocycles. The van der Waals surface area contributed by atoms with Gasteiger partial charge in [0.25, 0.3) is 5.56 Å². The van der Waals surface area contributed by atoms with Crippen LogP contribution < -0.4 is 10.5 Å². The number of benzene rings is 1. The van der Waals surface area contributed by atoms with Crippen LogP contribution in [0.4, 0.5) is 10.3 Å². The Morgan fingerprint density at radius 2 is 2.10 bits per heavy atom. The molecule has 4 aromatic rings. The zero-order valence-electron chi connectivity index (χ0n) is 15.3. The van der Waals surface area contributed by atoms with Crippen LogP contribution in [0.2, 0.25) is 0 Å². The number of hydrogen-bond acceptors (Lipinski definition) is 6. The molecule has 0 bridgehead atoms. The highest BCUT2D eigenvalue weighted by Gasteiger charge is 2.26. The summed E-state index contributed by atoms with van der Waals surface area (Å²) in [5.41, 5.74) is 0.933. The summed E-state index contributed by atoms with van der Waals surface area (Å²) >= 11 is 0. The highest BCUT2D eigenvalue weighted by atomic mass is 19.1. The van der Waals surface area contributed by atoms with Crippen LogP contribution in [-0.4, -0.2) is 34.6 Å². The van der Waals surface area contributed by atoms with Crippen molar-refractivity contribution in [3.63, 3.8) is 0 Å². The van der Waals surface area contributed by atoms with Gasteiger partial charge in [0.15, 0.2) is 5.82 Å². The molecular formula is C21H17FN4O3. The van der Waals surface area contributed by atoms with Gasteiger partial charge in [-0.2, -0.15) is 0 Å². The van der Waals surface area contributed by atoms with Crippen molar-refractivity contribution in [2.45, 2.75) is 6.10 Å². The van der Waals surface area contributed by atoms with Crippen LogP contribution in [0.15, 0.2) is 64.1 Å². The molecule has 1 aromatic carbocycles. The lowest BCUT2D eigenvalue weighted by atomic mass is 10.2. The molecule has 1 atom stereocenters. The van der Waals surface area contributed by atoms with E-state index in [4.69, 9.17) is 9.15 Å². The number of nitrogens with zero attached hydrogens (tertiary/aromatic N) is 3. The molecule has 1 N–H and O–H groups in total. The fraction of sp³-hybridized carbons (Fsp3) is 0.190. The van der Waals surface area contributed by atoms with Gasteiger partial charge in [-0.05, 0) is 18.2 Å². The van der Waals surface area contributed by atoms with Gasteiger partial charge in [0.1, 0.15) is 17.4 Å². The summed E-state index contributed by atoms with van der Waals surface area (Å²) < 4.78 is 25.9. The molecule has 1 saturated heterocycles. The fourth-order valence-corrected chi connectivity index (χ4v) is 3.49. The minimum Gasteiger partial charge on any atom is -0.458 e. The molecule has 8 heteroatoms. The van der Waals surface area contributed by atoms with E-state index >= 15 is 0 Å². The van der Waals surface area contributed by atoms with Gasteiger partial charge >= 0.3 is 0 Å². The van der Waals surface area contributed by atoms with Crippen molar-refractivity contribution in [2.75, 3.05) is 24.6 Å². The van der Waals surface area contributed by atoms with Crippen molar-refractivity contribution in [2.24, 2.45) is 0 Å². The maximum atomic E-state index is 14.1. The molecule has 4 heterocycles. The van der Waals surface area contributed by atoms with Crippen molar-refractivity contribution in [1.29, 1.82) is 0 Å². The molecule has 0 amide bonds. The van der Waals surface area contributed by atoms with Gasteiger partial charge in [0.2, 0.25) is 5.95 Å². The van der Waals surface area contributed by atoms with E-state index in [1.165, 1.54) is 18.3 Å². The molecule has 0 spiro atoms. The number of aromatic nitrogens is 3. The molecule has 0 radical (unpaired) electrons. The lowest BCUT2D eigenvalue weighted by Gasteiger charge is -2.32. The first kappa shape index (κ1) is 17.6. The number of H-pyrrole nitrogens is 1. The fourth-order valence-electron chi connectivity index (χ4n) is 3.49. The zero-order chi connectivity index (χ0) is 19.8. The maximum Gasteiger partial charge on any atom is 0.252 e. The summed E-state index contributed by atoms with van der Waals surface area (Å²) in [6.07, 6.45) is 2.26. The molecule has 0 saturated carbocycles. The number of aromatic amines is 1. The molecule has 0 unspecified atom stereocenters. The number of ether oxygens (including phenoxy) is 1. The lowest BCUT2D eigenvalue weighted by Crippen LogP contribution is -2.40. The van der Waals surface area contributed by atoms with E-state index in [-0.39, 0.29) is 22.9 Å². The number of para-hydroxylation sites is 1. The maximum absolute atomic E-state index is 14.1. The molecule has 146 valence electrons. The van der Waals surface area contributed by atoms with E-state index in [1.807, 2.05) is 35.2 Å². The zero-order valence-corrected chi connectivity index (χ0v) is 15.3. The first-order valence-electron chi connectivity index (χ1n) is 9.24. The number of anilines is 1. The summed E-state index contributed by atoms with van der Waals surface area (Å²) in [4.78, 5) is 25.1. The van der Waals surface area contributed by atoms with Gasteiger partial charge in [0, 0.05) is 29.8 Å². The number of halogens is 1. The third kappa shape index (κ3) is 3.38. The highest BCUT2D eigenvalue weighted by molar-refractivity contribution is 5.77. The standard InChI is InChI=1S/C21H17FN4O3/c22-15-11-23-6-5-14(15)16-10-20(27)25-21(24-16)26-7-8-28-19(12-26)18-9-13-3-1-2-4-17(13)29-18/h1-6,9-11,19H,7-8,12H2,(H,24,25,27)/t19-/m1/s1. The van der Waals surface area contributed by atoms with Crippen molar-refractivity contribution in [3.05, 3.63) is 76.8 Å². The molecular weight excluding hydrogens is 375 g/mol. The number of rotatable bonds is 3. The van der Waals surface area contributed by atoms with Crippen LogP contribution in [0, 0.1) is 5.82 Å². The van der Waals surface area contributed by atoms with Crippen LogP contribution in [0.3, 0.4) is 0 Å². The van der Waals surface area contributed by atoms with Crippen LogP contribution in [0.1, 0.15) is 11.9 Å². The second kappa shape index (κ2) is 7.14. The van der Waals surface area contributed by atoms with E-state index in [9.17, 15) is 9.18 Å². The number of hydrogen-bond donors (Lipinski definition) is 1. The first-order chi connectivity index (χ1) is 14.2. The van der Waals surface area contributed by atoms with Crippen LogP contribution in [0.5, 0.6) is 0 Å². The van der Waals surface area contributed by atoms with Crippen molar-refractivity contribution < 1.29 is 13.5 Å². The van der Waals surface area contributed by atoms with Crippen molar-refractivity contribution in [1.82, 2.24) is 15.0 Å². The Morgan fingerprint density at radius 1 is 1.21 bits per heavy atom. The van der Waals surface area contributed by atoms with Gasteiger partial charge in [0.05, 0.1) is 25.0 Å². The molecule has 7 nitrogen and oxygen atoms in total. The summed E-state index contributed by atoms with van der Waals surface area (Å²) in [6, 6.07) is 12.5. The van der Waals surface area contributed by atoms with Crippen LogP contribution in [-0.2, 0) is 4.74 Å². The van der Waals surface area contributed by atoms with Gasteiger partial charge in [-0.25, -0.2) is 9.37 Å². The molecule has 5 rings (SSSR count). The van der Waals surface area contributed by atoms with E-state index in [0.29, 0.717) is 25.6 Å². The third-order valence-electron chi connectivity index (χ3n) is 4.91. The molecule has 1 aliphatic rings. The van der Waals surface area contributed by atoms with E-state index in [1.54, 1.807) is 0 Å². The number of morpholine rings is 1. The predicted octanol–water partition coefficient (Wildman–Crippen LogP) is 3.30. The normalized spacial score (nSPS) is 17.0.